The maximum Gasteiger partial charge on any atom is 0.264 e. The minimum Gasteiger partial charge on any atom is -0.504 e. The lowest BCUT2D eigenvalue weighted by Crippen LogP contribution is -2.39. The molecule has 0 fully saturated rings. The number of carbonyl (C=O) groups is 1. The van der Waals surface area contributed by atoms with Crippen molar-refractivity contribution >= 4 is 27.8 Å². The maximum absolute atomic E-state index is 13.5. The van der Waals surface area contributed by atoms with Gasteiger partial charge in [-0.3, -0.25) is 9.10 Å². The first-order valence-electron chi connectivity index (χ1n) is 11.0. The van der Waals surface area contributed by atoms with Gasteiger partial charge in [0.25, 0.3) is 15.9 Å². The molecule has 0 aliphatic carbocycles. The Kier molecular flexibility index (Phi) is 8.90. The molecule has 0 bridgehead atoms. The molecule has 0 unspecified atom stereocenters. The molecule has 2 N–H and O–H groups in total. The molecule has 196 valence electrons. The number of methoxy groups -OCH3 is 2. The number of halogens is 1. The Balaban J connectivity index is 1.87. The molecule has 0 aliphatic rings. The number of nitrogens with one attached hydrogen (secondary N) is 1. The number of carbonyl (C=O) groups excluding carboxylic acids is 1. The fraction of sp³-hybridized carbons (Fsp3) is 0.200. The molecule has 1 amide bonds. The Hall–Kier alpha value is -4.32. The number of phenols is 1. The van der Waals surface area contributed by atoms with E-state index >= 15 is 0 Å². The van der Waals surface area contributed by atoms with Crippen LogP contribution in [0, 0.1) is 5.82 Å². The van der Waals surface area contributed by atoms with E-state index in [2.05, 4.69) is 10.5 Å². The van der Waals surface area contributed by atoms with Crippen LogP contribution in [0.15, 0.2) is 70.7 Å². The lowest BCUT2D eigenvalue weighted by atomic mass is 10.2. The lowest BCUT2D eigenvalue weighted by molar-refractivity contribution is -0.119. The van der Waals surface area contributed by atoms with Crippen molar-refractivity contribution in [3.05, 3.63) is 72.0 Å². The summed E-state index contributed by atoms with van der Waals surface area (Å²) < 4.78 is 57.1. The number of phenolic OH excluding ortho intramolecular Hbond substituents is 1. The Labute approximate surface area is 213 Å². The maximum atomic E-state index is 13.5. The van der Waals surface area contributed by atoms with Gasteiger partial charge in [-0.2, -0.15) is 5.10 Å². The van der Waals surface area contributed by atoms with Gasteiger partial charge < -0.3 is 19.3 Å². The zero-order valence-electron chi connectivity index (χ0n) is 20.3. The number of anilines is 1. The van der Waals surface area contributed by atoms with Crippen LogP contribution >= 0.6 is 0 Å². The van der Waals surface area contributed by atoms with Crippen molar-refractivity contribution in [1.29, 1.82) is 0 Å². The van der Waals surface area contributed by atoms with Crippen LogP contribution in [0.3, 0.4) is 0 Å². The highest BCUT2D eigenvalue weighted by Crippen LogP contribution is 2.32. The normalized spacial score (nSPS) is 11.2. The van der Waals surface area contributed by atoms with Crippen molar-refractivity contribution in [2.24, 2.45) is 5.10 Å². The molecular weight excluding hydrogens is 505 g/mol. The second-order valence-corrected chi connectivity index (χ2v) is 9.29. The quantitative estimate of drug-likeness (QED) is 0.287. The Morgan fingerprint density at radius 1 is 1.05 bits per heavy atom. The summed E-state index contributed by atoms with van der Waals surface area (Å²) in [6.45, 7) is 1.44. The predicted octanol–water partition coefficient (Wildman–Crippen LogP) is 3.29. The van der Waals surface area contributed by atoms with Gasteiger partial charge in [-0.05, 0) is 55.5 Å². The molecule has 12 heteroatoms. The highest BCUT2D eigenvalue weighted by molar-refractivity contribution is 7.92. The lowest BCUT2D eigenvalue weighted by Gasteiger charge is -2.24. The molecular formula is C25H26FN3O7S. The third kappa shape index (κ3) is 6.47. The number of aromatic hydroxyl groups is 1. The summed E-state index contributed by atoms with van der Waals surface area (Å²) in [6.07, 6.45) is 1.20. The molecule has 3 rings (SSSR count). The van der Waals surface area contributed by atoms with Crippen LogP contribution in [0.2, 0.25) is 0 Å². The molecule has 37 heavy (non-hydrogen) atoms. The number of rotatable bonds is 11. The number of nitrogens with zero attached hydrogens (tertiary/aromatic N) is 2. The number of para-hydroxylation sites is 1. The molecule has 0 saturated heterocycles. The molecule has 3 aromatic carbocycles. The molecule has 0 aliphatic heterocycles. The Morgan fingerprint density at radius 3 is 2.41 bits per heavy atom. The Morgan fingerprint density at radius 2 is 1.76 bits per heavy atom. The number of hydrogen-bond donors (Lipinski definition) is 2. The summed E-state index contributed by atoms with van der Waals surface area (Å²) in [4.78, 5) is 12.5. The molecule has 0 saturated carbocycles. The monoisotopic (exact) mass is 531 g/mol. The molecule has 0 atom stereocenters. The predicted molar refractivity (Wildman–Crippen MR) is 135 cm³/mol. The number of hydrogen-bond acceptors (Lipinski definition) is 8. The van der Waals surface area contributed by atoms with E-state index in [1.54, 1.807) is 25.1 Å². The van der Waals surface area contributed by atoms with Gasteiger partial charge in [0.1, 0.15) is 12.4 Å². The van der Waals surface area contributed by atoms with E-state index in [0.29, 0.717) is 12.4 Å². The highest BCUT2D eigenvalue weighted by atomic mass is 32.2. The van der Waals surface area contributed by atoms with Crippen molar-refractivity contribution in [3.8, 4) is 23.0 Å². The molecule has 0 spiro atoms. The van der Waals surface area contributed by atoms with Crippen LogP contribution in [0.25, 0.3) is 0 Å². The number of amides is 1. The van der Waals surface area contributed by atoms with Gasteiger partial charge in [-0.1, -0.05) is 6.07 Å². The first-order chi connectivity index (χ1) is 17.7. The van der Waals surface area contributed by atoms with Crippen LogP contribution < -0.4 is 23.9 Å². The van der Waals surface area contributed by atoms with Crippen LogP contribution in [-0.2, 0) is 14.8 Å². The second-order valence-electron chi connectivity index (χ2n) is 7.43. The van der Waals surface area contributed by atoms with Crippen molar-refractivity contribution < 1.29 is 36.9 Å². The third-order valence-corrected chi connectivity index (χ3v) is 6.84. The van der Waals surface area contributed by atoms with Gasteiger partial charge in [0.05, 0.1) is 37.6 Å². The minimum absolute atomic E-state index is 0.0531. The summed E-state index contributed by atoms with van der Waals surface area (Å²) in [6, 6.07) is 13.4. The van der Waals surface area contributed by atoms with E-state index in [4.69, 9.17) is 14.2 Å². The number of ether oxygens (including phenoxy) is 3. The van der Waals surface area contributed by atoms with Crippen molar-refractivity contribution in [3.63, 3.8) is 0 Å². The van der Waals surface area contributed by atoms with Crippen LogP contribution in [0.5, 0.6) is 23.0 Å². The van der Waals surface area contributed by atoms with Gasteiger partial charge in [0, 0.05) is 11.6 Å². The second kappa shape index (κ2) is 12.1. The van der Waals surface area contributed by atoms with Crippen LogP contribution in [0.4, 0.5) is 10.1 Å². The summed E-state index contributed by atoms with van der Waals surface area (Å²) in [5, 5.41) is 14.1. The van der Waals surface area contributed by atoms with Gasteiger partial charge >= 0.3 is 0 Å². The largest absolute Gasteiger partial charge is 0.504 e. The first kappa shape index (κ1) is 27.3. The van der Waals surface area contributed by atoms with E-state index in [0.717, 1.165) is 16.4 Å². The third-order valence-electron chi connectivity index (χ3n) is 5.07. The average Bonchev–Trinajstić information content (AvgIpc) is 2.89. The minimum atomic E-state index is -4.31. The number of hydrazone groups is 1. The van der Waals surface area contributed by atoms with Crippen LogP contribution in [-0.4, -0.2) is 53.0 Å². The SMILES string of the molecule is CCOc1cccc(/C=N\NC(=O)CN(c2ccc(F)cc2)S(=O)(=O)c2ccc(OC)c(OC)c2)c1O. The van der Waals surface area contributed by atoms with Gasteiger partial charge in [-0.15, -0.1) is 0 Å². The van der Waals surface area contributed by atoms with E-state index < -0.39 is 28.3 Å². The zero-order valence-corrected chi connectivity index (χ0v) is 21.2. The topological polar surface area (TPSA) is 127 Å². The van der Waals surface area contributed by atoms with Gasteiger partial charge in [0.15, 0.2) is 23.0 Å². The molecule has 10 nitrogen and oxygen atoms in total. The van der Waals surface area contributed by atoms with Crippen molar-refractivity contribution in [2.75, 3.05) is 31.7 Å². The highest BCUT2D eigenvalue weighted by Gasteiger charge is 2.28. The van der Waals surface area contributed by atoms with Crippen molar-refractivity contribution in [1.82, 2.24) is 5.43 Å². The number of sulfonamides is 1. The van der Waals surface area contributed by atoms with Crippen LogP contribution in [0.1, 0.15) is 12.5 Å². The van der Waals surface area contributed by atoms with E-state index in [1.807, 2.05) is 0 Å². The fourth-order valence-electron chi connectivity index (χ4n) is 3.28. The van der Waals surface area contributed by atoms with E-state index in [1.165, 1.54) is 50.8 Å². The standard InChI is InChI=1S/C25H26FN3O7S/c1-4-36-22-7-5-6-17(25(22)31)15-27-28-24(30)16-29(19-10-8-18(26)9-11-19)37(32,33)20-12-13-21(34-2)23(14-20)35-3/h5-15,31H,4,16H2,1-3H3,(H,28,30)/b27-15-. The zero-order chi connectivity index (χ0) is 27.0. The smallest absolute Gasteiger partial charge is 0.264 e. The van der Waals surface area contributed by atoms with Gasteiger partial charge in [0.2, 0.25) is 0 Å². The van der Waals surface area contributed by atoms with E-state index in [9.17, 15) is 22.7 Å². The summed E-state index contributed by atoms with van der Waals surface area (Å²) >= 11 is 0. The molecule has 0 heterocycles. The first-order valence-corrected chi connectivity index (χ1v) is 12.4. The summed E-state index contributed by atoms with van der Waals surface area (Å²) in [5.41, 5.74) is 2.57. The van der Waals surface area contributed by atoms with Gasteiger partial charge in [-0.25, -0.2) is 18.2 Å². The average molecular weight is 532 g/mol. The Bertz CT molecular complexity index is 1380. The molecule has 0 aromatic heterocycles. The summed E-state index contributed by atoms with van der Waals surface area (Å²) in [7, 11) is -1.54. The molecule has 0 radical (unpaired) electrons. The van der Waals surface area contributed by atoms with E-state index in [-0.39, 0.29) is 33.4 Å². The molecule has 3 aromatic rings. The summed E-state index contributed by atoms with van der Waals surface area (Å²) in [5.74, 6) is -0.780. The van der Waals surface area contributed by atoms with Crippen molar-refractivity contribution in [2.45, 2.75) is 11.8 Å². The fourth-order valence-corrected chi connectivity index (χ4v) is 4.72. The number of benzene rings is 3.